The summed E-state index contributed by atoms with van der Waals surface area (Å²) >= 11 is 0. The van der Waals surface area contributed by atoms with Crippen molar-refractivity contribution in [3.05, 3.63) is 30.3 Å². The molecule has 1 amide bonds. The number of likely N-dealkylation sites (tertiary alicyclic amines) is 1. The van der Waals surface area contributed by atoms with Crippen molar-refractivity contribution < 1.29 is 13.2 Å². The first-order valence-electron chi connectivity index (χ1n) is 6.31. The number of hydrogen-bond acceptors (Lipinski definition) is 3. The summed E-state index contributed by atoms with van der Waals surface area (Å²) in [5, 5.41) is -0.471. The fourth-order valence-electron chi connectivity index (χ4n) is 2.08. The Balaban J connectivity index is 2.07. The van der Waals surface area contributed by atoms with Crippen LogP contribution >= 0.6 is 0 Å². The van der Waals surface area contributed by atoms with Gasteiger partial charge in [0.05, 0.1) is 4.90 Å². The third-order valence-corrected chi connectivity index (χ3v) is 5.39. The maximum Gasteiger partial charge on any atom is 0.228 e. The van der Waals surface area contributed by atoms with Crippen LogP contribution in [0.4, 0.5) is 0 Å². The van der Waals surface area contributed by atoms with Crippen LogP contribution in [0.15, 0.2) is 35.2 Å². The number of nitrogens with zero attached hydrogens (tertiary/aromatic N) is 1. The molecule has 0 unspecified atom stereocenters. The van der Waals surface area contributed by atoms with Gasteiger partial charge in [-0.2, -0.15) is 0 Å². The average Bonchev–Trinajstić information content (AvgIpc) is 2.26. The van der Waals surface area contributed by atoms with Crippen LogP contribution < -0.4 is 0 Å². The first kappa shape index (κ1) is 14.1. The summed E-state index contributed by atoms with van der Waals surface area (Å²) in [6.45, 7) is 6.12. The van der Waals surface area contributed by atoms with Gasteiger partial charge in [0.2, 0.25) is 5.91 Å². The van der Waals surface area contributed by atoms with Gasteiger partial charge < -0.3 is 4.90 Å². The molecule has 19 heavy (non-hydrogen) atoms. The van der Waals surface area contributed by atoms with Crippen molar-refractivity contribution in [1.29, 1.82) is 0 Å². The van der Waals surface area contributed by atoms with E-state index >= 15 is 0 Å². The molecule has 104 valence electrons. The summed E-state index contributed by atoms with van der Waals surface area (Å²) in [7, 11) is -3.31. The highest BCUT2D eigenvalue weighted by Gasteiger charge is 2.42. The second kappa shape index (κ2) is 4.63. The summed E-state index contributed by atoms with van der Waals surface area (Å²) in [6, 6.07) is 8.41. The Hall–Kier alpha value is -1.36. The van der Waals surface area contributed by atoms with Gasteiger partial charge in [-0.3, -0.25) is 4.79 Å². The van der Waals surface area contributed by atoms with Crippen LogP contribution in [0.3, 0.4) is 0 Å². The molecule has 0 aromatic heterocycles. The number of benzene rings is 1. The van der Waals surface area contributed by atoms with E-state index in [9.17, 15) is 13.2 Å². The molecule has 0 atom stereocenters. The SMILES string of the molecule is CC(C)(C)C(=O)N1CC(S(=O)(=O)c2ccccc2)C1. The second-order valence-electron chi connectivity index (χ2n) is 5.94. The molecule has 0 spiro atoms. The normalized spacial score (nSPS) is 17.1. The fraction of sp³-hybridized carbons (Fsp3) is 0.500. The molecule has 1 aromatic carbocycles. The van der Waals surface area contributed by atoms with E-state index < -0.39 is 20.5 Å². The van der Waals surface area contributed by atoms with E-state index in [1.165, 1.54) is 0 Å². The van der Waals surface area contributed by atoms with Gasteiger partial charge in [-0.15, -0.1) is 0 Å². The van der Waals surface area contributed by atoms with Gasteiger partial charge in [-0.25, -0.2) is 8.42 Å². The number of carbonyl (C=O) groups is 1. The van der Waals surface area contributed by atoms with Crippen molar-refractivity contribution in [1.82, 2.24) is 4.90 Å². The van der Waals surface area contributed by atoms with Gasteiger partial charge in [-0.1, -0.05) is 39.0 Å². The van der Waals surface area contributed by atoms with E-state index in [0.717, 1.165) is 0 Å². The lowest BCUT2D eigenvalue weighted by Gasteiger charge is -2.41. The van der Waals surface area contributed by atoms with Crippen LogP contribution in [0, 0.1) is 5.41 Å². The summed E-state index contributed by atoms with van der Waals surface area (Å²) < 4.78 is 24.6. The predicted molar refractivity (Wildman–Crippen MR) is 73.5 cm³/mol. The molecule has 0 aliphatic carbocycles. The Morgan fingerprint density at radius 3 is 2.16 bits per heavy atom. The molecule has 1 saturated heterocycles. The van der Waals surface area contributed by atoms with E-state index in [1.807, 2.05) is 20.8 Å². The van der Waals surface area contributed by atoms with Crippen molar-refractivity contribution >= 4 is 15.7 Å². The number of hydrogen-bond donors (Lipinski definition) is 0. The van der Waals surface area contributed by atoms with E-state index in [4.69, 9.17) is 0 Å². The Kier molecular flexibility index (Phi) is 3.43. The molecule has 0 N–H and O–H groups in total. The summed E-state index contributed by atoms with van der Waals surface area (Å²) in [6.07, 6.45) is 0. The Morgan fingerprint density at radius 1 is 1.16 bits per heavy atom. The van der Waals surface area contributed by atoms with Crippen molar-refractivity contribution in [3.8, 4) is 0 Å². The summed E-state index contributed by atoms with van der Waals surface area (Å²) in [5.41, 5.74) is -0.457. The van der Waals surface area contributed by atoms with Crippen LogP contribution in [-0.4, -0.2) is 37.6 Å². The van der Waals surface area contributed by atoms with Crippen LogP contribution in [0.1, 0.15) is 20.8 Å². The maximum atomic E-state index is 12.3. The minimum atomic E-state index is -3.31. The zero-order chi connectivity index (χ0) is 14.3. The highest BCUT2D eigenvalue weighted by atomic mass is 32.2. The molecule has 0 radical (unpaired) electrons. The van der Waals surface area contributed by atoms with Gasteiger partial charge in [-0.05, 0) is 12.1 Å². The van der Waals surface area contributed by atoms with Crippen LogP contribution in [0.5, 0.6) is 0 Å². The highest BCUT2D eigenvalue weighted by molar-refractivity contribution is 7.92. The summed E-state index contributed by atoms with van der Waals surface area (Å²) in [4.78, 5) is 13.9. The molecular weight excluding hydrogens is 262 g/mol. The summed E-state index contributed by atoms with van der Waals surface area (Å²) in [5.74, 6) is 0.00649. The molecule has 1 heterocycles. The van der Waals surface area contributed by atoms with Crippen LogP contribution in [-0.2, 0) is 14.6 Å². The fourth-order valence-corrected chi connectivity index (χ4v) is 3.75. The standard InChI is InChI=1S/C14H19NO3S/c1-14(2,3)13(16)15-9-12(10-15)19(17,18)11-7-5-4-6-8-11/h4-8,12H,9-10H2,1-3H3. The Bertz CT molecular complexity index is 566. The van der Waals surface area contributed by atoms with Crippen LogP contribution in [0.25, 0.3) is 0 Å². The van der Waals surface area contributed by atoms with Gasteiger partial charge >= 0.3 is 0 Å². The Morgan fingerprint density at radius 2 is 1.68 bits per heavy atom. The third-order valence-electron chi connectivity index (χ3n) is 3.29. The van der Waals surface area contributed by atoms with Crippen molar-refractivity contribution in [2.45, 2.75) is 30.9 Å². The molecule has 0 saturated carbocycles. The highest BCUT2D eigenvalue weighted by Crippen LogP contribution is 2.27. The minimum Gasteiger partial charge on any atom is -0.339 e. The second-order valence-corrected chi connectivity index (χ2v) is 8.17. The third kappa shape index (κ3) is 2.66. The lowest BCUT2D eigenvalue weighted by atomic mass is 9.93. The number of rotatable bonds is 2. The molecule has 1 aliphatic rings. The molecular formula is C14H19NO3S. The quantitative estimate of drug-likeness (QED) is 0.829. The smallest absolute Gasteiger partial charge is 0.228 e. The monoisotopic (exact) mass is 281 g/mol. The largest absolute Gasteiger partial charge is 0.339 e. The molecule has 1 aromatic rings. The zero-order valence-electron chi connectivity index (χ0n) is 11.5. The van der Waals surface area contributed by atoms with Gasteiger partial charge in [0.1, 0.15) is 5.25 Å². The zero-order valence-corrected chi connectivity index (χ0v) is 12.3. The molecule has 1 aliphatic heterocycles. The first-order chi connectivity index (χ1) is 8.73. The molecule has 5 heteroatoms. The number of carbonyl (C=O) groups excluding carboxylic acids is 1. The predicted octanol–water partition coefficient (Wildman–Crippen LogP) is 1.72. The maximum absolute atomic E-state index is 12.3. The molecule has 0 bridgehead atoms. The number of sulfone groups is 1. The van der Waals surface area contributed by atoms with E-state index in [-0.39, 0.29) is 5.91 Å². The minimum absolute atomic E-state index is 0.00649. The van der Waals surface area contributed by atoms with Crippen molar-refractivity contribution in [2.24, 2.45) is 5.41 Å². The van der Waals surface area contributed by atoms with Crippen molar-refractivity contribution in [3.63, 3.8) is 0 Å². The Labute approximate surface area is 114 Å². The van der Waals surface area contributed by atoms with E-state index in [1.54, 1.807) is 35.2 Å². The average molecular weight is 281 g/mol. The van der Waals surface area contributed by atoms with Gasteiger partial charge in [0, 0.05) is 18.5 Å². The van der Waals surface area contributed by atoms with E-state index in [2.05, 4.69) is 0 Å². The number of amides is 1. The molecule has 2 rings (SSSR count). The topological polar surface area (TPSA) is 54.5 Å². The van der Waals surface area contributed by atoms with Crippen molar-refractivity contribution in [2.75, 3.05) is 13.1 Å². The van der Waals surface area contributed by atoms with Gasteiger partial charge in [0.15, 0.2) is 9.84 Å². The first-order valence-corrected chi connectivity index (χ1v) is 7.86. The van der Waals surface area contributed by atoms with E-state index in [0.29, 0.717) is 18.0 Å². The lowest BCUT2D eigenvalue weighted by Crippen LogP contribution is -2.59. The van der Waals surface area contributed by atoms with Crippen LogP contribution in [0.2, 0.25) is 0 Å². The molecule has 4 nitrogen and oxygen atoms in total. The van der Waals surface area contributed by atoms with Gasteiger partial charge in [0.25, 0.3) is 0 Å². The molecule has 1 fully saturated rings. The lowest BCUT2D eigenvalue weighted by molar-refractivity contribution is -0.142.